The standard InChI is InChI=1S/C26H30N4O10S2/c27-17(25(33)34)3-1-9-29-41(37,38)21-12-22(42(39,40)30-10-2-4-18(28)26(35)36)16-8-6-14-20(32)11-19(31)13-5-7-15(21)24(16)23(13)14/h5-8,11-12,17-18,29-32H,1-4,9-10,27-28H2,(H,33,34)(H,35,36). The van der Waals surface area contributed by atoms with Crippen LogP contribution < -0.4 is 20.9 Å². The number of benzene rings is 4. The number of rotatable bonds is 14. The lowest BCUT2D eigenvalue weighted by atomic mass is 9.93. The van der Waals surface area contributed by atoms with E-state index in [2.05, 4.69) is 9.44 Å². The fraction of sp³-hybridized carbons (Fsp3) is 0.308. The molecule has 42 heavy (non-hydrogen) atoms. The average molecular weight is 623 g/mol. The molecule has 10 N–H and O–H groups in total. The van der Waals surface area contributed by atoms with Gasteiger partial charge in [0.2, 0.25) is 20.0 Å². The third-order valence-electron chi connectivity index (χ3n) is 6.96. The molecule has 16 heteroatoms. The van der Waals surface area contributed by atoms with Gasteiger partial charge in [-0.2, -0.15) is 0 Å². The Hall–Kier alpha value is -3.80. The number of hydrogen-bond donors (Lipinski definition) is 8. The second-order valence-corrected chi connectivity index (χ2v) is 13.3. The van der Waals surface area contributed by atoms with Gasteiger partial charge in [-0.15, -0.1) is 0 Å². The highest BCUT2D eigenvalue weighted by Gasteiger charge is 2.28. The number of carboxylic acids is 2. The summed E-state index contributed by atoms with van der Waals surface area (Å²) in [6.45, 7) is -0.367. The van der Waals surface area contributed by atoms with Crippen LogP contribution in [0.5, 0.6) is 11.5 Å². The molecule has 0 heterocycles. The minimum Gasteiger partial charge on any atom is -0.507 e. The highest BCUT2D eigenvalue weighted by atomic mass is 32.2. The molecule has 0 radical (unpaired) electrons. The van der Waals surface area contributed by atoms with Crippen molar-refractivity contribution in [3.05, 3.63) is 36.4 Å². The minimum absolute atomic E-state index is 0.00995. The normalized spacial score (nSPS) is 14.0. The molecule has 14 nitrogen and oxygen atoms in total. The molecule has 0 aliphatic heterocycles. The molecule has 0 saturated carbocycles. The van der Waals surface area contributed by atoms with Crippen LogP contribution in [-0.2, 0) is 29.6 Å². The van der Waals surface area contributed by atoms with Crippen molar-refractivity contribution in [3.8, 4) is 11.5 Å². The number of hydrogen-bond acceptors (Lipinski definition) is 10. The highest BCUT2D eigenvalue weighted by molar-refractivity contribution is 7.90. The van der Waals surface area contributed by atoms with Crippen molar-refractivity contribution in [1.82, 2.24) is 9.44 Å². The first-order valence-electron chi connectivity index (χ1n) is 12.8. The van der Waals surface area contributed by atoms with Crippen LogP contribution in [0.3, 0.4) is 0 Å². The van der Waals surface area contributed by atoms with Crippen LogP contribution in [-0.4, -0.2) is 74.4 Å². The van der Waals surface area contributed by atoms with Gasteiger partial charge in [0, 0.05) is 51.5 Å². The van der Waals surface area contributed by atoms with Crippen LogP contribution in [0.2, 0.25) is 0 Å². The van der Waals surface area contributed by atoms with E-state index in [-0.39, 0.29) is 82.6 Å². The molecule has 2 unspecified atom stereocenters. The number of phenols is 2. The summed E-state index contributed by atoms with van der Waals surface area (Å²) in [6, 6.07) is 5.53. The molecule has 4 rings (SSSR count). The van der Waals surface area contributed by atoms with Crippen molar-refractivity contribution >= 4 is 64.3 Å². The van der Waals surface area contributed by atoms with Gasteiger partial charge in [-0.1, -0.05) is 12.1 Å². The summed E-state index contributed by atoms with van der Waals surface area (Å²) in [6.07, 6.45) is 0.158. The molecule has 0 amide bonds. The minimum atomic E-state index is -4.39. The largest absolute Gasteiger partial charge is 0.507 e. The van der Waals surface area contributed by atoms with E-state index in [0.29, 0.717) is 0 Å². The predicted molar refractivity (Wildman–Crippen MR) is 154 cm³/mol. The molecule has 0 aliphatic carbocycles. The fourth-order valence-electron chi connectivity index (χ4n) is 4.80. The van der Waals surface area contributed by atoms with Gasteiger partial charge in [0.15, 0.2) is 0 Å². The van der Waals surface area contributed by atoms with Gasteiger partial charge in [-0.05, 0) is 43.9 Å². The number of aromatic hydroxyl groups is 2. The number of carboxylic acid groups (broad SMARTS) is 2. The first-order chi connectivity index (χ1) is 19.7. The van der Waals surface area contributed by atoms with Gasteiger partial charge in [-0.3, -0.25) is 9.59 Å². The summed E-state index contributed by atoms with van der Waals surface area (Å²) < 4.78 is 58.8. The van der Waals surface area contributed by atoms with Crippen molar-refractivity contribution in [1.29, 1.82) is 0 Å². The van der Waals surface area contributed by atoms with Gasteiger partial charge in [0.1, 0.15) is 23.6 Å². The fourth-order valence-corrected chi connectivity index (χ4v) is 7.47. The van der Waals surface area contributed by atoms with Crippen molar-refractivity contribution in [2.24, 2.45) is 11.5 Å². The number of carbonyl (C=O) groups is 2. The molecular formula is C26H30N4O10S2. The molecular weight excluding hydrogens is 592 g/mol. The van der Waals surface area contributed by atoms with Crippen LogP contribution in [0.25, 0.3) is 32.3 Å². The average Bonchev–Trinajstić information content (AvgIpc) is 2.92. The Kier molecular flexibility index (Phi) is 8.77. The molecule has 4 aromatic carbocycles. The zero-order chi connectivity index (χ0) is 31.0. The summed E-state index contributed by atoms with van der Waals surface area (Å²) in [7, 11) is -8.78. The van der Waals surface area contributed by atoms with Gasteiger partial charge in [0.05, 0.1) is 9.79 Å². The van der Waals surface area contributed by atoms with E-state index in [1.165, 1.54) is 24.3 Å². The molecule has 0 bridgehead atoms. The number of nitrogens with two attached hydrogens (primary N) is 2. The summed E-state index contributed by atoms with van der Waals surface area (Å²) in [5.41, 5.74) is 11.0. The maximum absolute atomic E-state index is 13.5. The maximum Gasteiger partial charge on any atom is 0.320 e. The second kappa shape index (κ2) is 11.8. The molecule has 0 aromatic heterocycles. The number of phenolic OH excluding ortho intramolecular Hbond substituents is 2. The summed E-state index contributed by atoms with van der Waals surface area (Å²) in [5, 5.41) is 40.1. The van der Waals surface area contributed by atoms with Crippen LogP contribution in [0.4, 0.5) is 0 Å². The van der Waals surface area contributed by atoms with E-state index < -0.39 is 53.9 Å². The van der Waals surface area contributed by atoms with E-state index in [0.717, 1.165) is 12.1 Å². The smallest absolute Gasteiger partial charge is 0.320 e. The van der Waals surface area contributed by atoms with Crippen LogP contribution in [0.15, 0.2) is 46.2 Å². The molecule has 0 spiro atoms. The Bertz CT molecular complexity index is 1770. The SMILES string of the molecule is NC(CCCNS(=O)(=O)c1cc(S(=O)(=O)NCCCC(N)C(=O)O)c2ccc3c(O)cc(O)c4ccc1c2c43)C(=O)O. The number of aliphatic carboxylic acids is 2. The first kappa shape index (κ1) is 31.1. The first-order valence-corrected chi connectivity index (χ1v) is 15.7. The van der Waals surface area contributed by atoms with E-state index in [1.807, 2.05) is 0 Å². The van der Waals surface area contributed by atoms with Gasteiger partial charge in [-0.25, -0.2) is 26.3 Å². The van der Waals surface area contributed by atoms with Gasteiger partial charge < -0.3 is 31.9 Å². The monoisotopic (exact) mass is 622 g/mol. The van der Waals surface area contributed by atoms with E-state index in [1.54, 1.807) is 0 Å². The van der Waals surface area contributed by atoms with Gasteiger partial charge in [0.25, 0.3) is 0 Å². The van der Waals surface area contributed by atoms with Crippen molar-refractivity contribution < 1.29 is 46.9 Å². The van der Waals surface area contributed by atoms with Crippen LogP contribution in [0.1, 0.15) is 25.7 Å². The molecule has 0 aliphatic rings. The Morgan fingerprint density at radius 3 is 1.40 bits per heavy atom. The third-order valence-corrected chi connectivity index (χ3v) is 9.96. The molecule has 2 atom stereocenters. The molecule has 0 fully saturated rings. The van der Waals surface area contributed by atoms with E-state index in [4.69, 9.17) is 21.7 Å². The van der Waals surface area contributed by atoms with Crippen molar-refractivity contribution in [2.75, 3.05) is 13.1 Å². The highest BCUT2D eigenvalue weighted by Crippen LogP contribution is 2.45. The van der Waals surface area contributed by atoms with Gasteiger partial charge >= 0.3 is 11.9 Å². The molecule has 0 saturated heterocycles. The molecule has 226 valence electrons. The van der Waals surface area contributed by atoms with E-state index >= 15 is 0 Å². The quantitative estimate of drug-likeness (QED) is 0.0722. The predicted octanol–water partition coefficient (Wildman–Crippen LogP) is 0.936. The van der Waals surface area contributed by atoms with Crippen molar-refractivity contribution in [2.45, 2.75) is 47.6 Å². The lowest BCUT2D eigenvalue weighted by molar-refractivity contribution is -0.139. The lowest BCUT2D eigenvalue weighted by Crippen LogP contribution is -2.32. The second-order valence-electron chi connectivity index (χ2n) is 9.83. The summed E-state index contributed by atoms with van der Waals surface area (Å²) >= 11 is 0. The Labute approximate surface area is 240 Å². The zero-order valence-corrected chi connectivity index (χ0v) is 23.7. The zero-order valence-electron chi connectivity index (χ0n) is 22.1. The third kappa shape index (κ3) is 6.04. The lowest BCUT2D eigenvalue weighted by Gasteiger charge is -2.19. The summed E-state index contributed by atoms with van der Waals surface area (Å²) in [5.74, 6) is -3.06. The number of sulfonamides is 2. The van der Waals surface area contributed by atoms with Crippen LogP contribution >= 0.6 is 0 Å². The maximum atomic E-state index is 13.5. The van der Waals surface area contributed by atoms with Crippen molar-refractivity contribution in [3.63, 3.8) is 0 Å². The summed E-state index contributed by atoms with van der Waals surface area (Å²) in [4.78, 5) is 21.1. The topological polar surface area (TPSA) is 259 Å². The number of nitrogens with one attached hydrogen (secondary N) is 2. The Morgan fingerprint density at radius 1 is 0.667 bits per heavy atom. The van der Waals surface area contributed by atoms with E-state index in [9.17, 15) is 36.6 Å². The Morgan fingerprint density at radius 2 is 1.02 bits per heavy atom. The molecule has 4 aromatic rings. The Balaban J connectivity index is 1.84. The van der Waals surface area contributed by atoms with Crippen LogP contribution in [0, 0.1) is 0 Å².